The Balaban J connectivity index is 1.90. The van der Waals surface area contributed by atoms with Gasteiger partial charge < -0.3 is 10.1 Å². The van der Waals surface area contributed by atoms with Crippen LogP contribution in [0.25, 0.3) is 11.0 Å². The minimum atomic E-state index is 0.670. The van der Waals surface area contributed by atoms with Crippen molar-refractivity contribution in [3.8, 4) is 0 Å². The van der Waals surface area contributed by atoms with Crippen molar-refractivity contribution in [2.75, 3.05) is 25.1 Å². The van der Waals surface area contributed by atoms with Crippen LogP contribution in [0, 0.1) is 0 Å². The molecule has 0 amide bonds. The van der Waals surface area contributed by atoms with E-state index >= 15 is 0 Å². The van der Waals surface area contributed by atoms with E-state index in [0.717, 1.165) is 42.7 Å². The third-order valence-corrected chi connectivity index (χ3v) is 3.43. The van der Waals surface area contributed by atoms with Gasteiger partial charge in [-0.1, -0.05) is 24.9 Å². The highest BCUT2D eigenvalue weighted by Gasteiger charge is 2.08. The summed E-state index contributed by atoms with van der Waals surface area (Å²) in [5, 5.41) is 3.94. The molecule has 2 aromatic rings. The number of nitrogens with zero attached hydrogens (tertiary/aromatic N) is 2. The molecule has 0 unspecified atom stereocenters. The minimum Gasteiger partial charge on any atom is -0.380 e. The lowest BCUT2D eigenvalue weighted by Crippen LogP contribution is -2.10. The molecular formula is C12H16ClN3OS. The molecule has 2 rings (SSSR count). The summed E-state index contributed by atoms with van der Waals surface area (Å²) in [6.07, 6.45) is 2.26. The maximum Gasteiger partial charge on any atom is 0.129 e. The Morgan fingerprint density at radius 2 is 2.22 bits per heavy atom. The second kappa shape index (κ2) is 6.87. The van der Waals surface area contributed by atoms with Crippen LogP contribution in [0.15, 0.2) is 12.1 Å². The number of hydrogen-bond donors (Lipinski definition) is 1. The van der Waals surface area contributed by atoms with E-state index in [-0.39, 0.29) is 0 Å². The summed E-state index contributed by atoms with van der Waals surface area (Å²) < 4.78 is 13.9. The van der Waals surface area contributed by atoms with E-state index in [1.807, 2.05) is 12.1 Å². The number of hydrogen-bond acceptors (Lipinski definition) is 5. The smallest absolute Gasteiger partial charge is 0.129 e. The number of benzene rings is 1. The highest BCUT2D eigenvalue weighted by atomic mass is 35.5. The van der Waals surface area contributed by atoms with Crippen LogP contribution in [0.1, 0.15) is 19.8 Å². The summed E-state index contributed by atoms with van der Waals surface area (Å²) in [6, 6.07) is 3.72. The normalized spacial score (nSPS) is 11.0. The SMILES string of the molecule is CCCCOCCNc1c(Cl)ccc2nsnc12. The van der Waals surface area contributed by atoms with Crippen molar-refractivity contribution < 1.29 is 4.74 Å². The number of nitrogens with one attached hydrogen (secondary N) is 1. The molecule has 4 nitrogen and oxygen atoms in total. The maximum atomic E-state index is 6.16. The average molecular weight is 286 g/mol. The molecule has 0 aliphatic carbocycles. The van der Waals surface area contributed by atoms with E-state index in [4.69, 9.17) is 16.3 Å². The first-order chi connectivity index (χ1) is 8.83. The quantitative estimate of drug-likeness (QED) is 0.790. The summed E-state index contributed by atoms with van der Waals surface area (Å²) in [7, 11) is 0. The van der Waals surface area contributed by atoms with Gasteiger partial charge in [-0.25, -0.2) is 0 Å². The van der Waals surface area contributed by atoms with Gasteiger partial charge >= 0.3 is 0 Å². The van der Waals surface area contributed by atoms with E-state index < -0.39 is 0 Å². The number of ether oxygens (including phenoxy) is 1. The fourth-order valence-electron chi connectivity index (χ4n) is 1.59. The second-order valence-electron chi connectivity index (χ2n) is 3.95. The molecule has 0 saturated heterocycles. The van der Waals surface area contributed by atoms with Gasteiger partial charge in [0.25, 0.3) is 0 Å². The van der Waals surface area contributed by atoms with Crippen LogP contribution in [0.4, 0.5) is 5.69 Å². The number of unbranched alkanes of at least 4 members (excludes halogenated alkanes) is 1. The summed E-state index contributed by atoms with van der Waals surface area (Å²) in [5.41, 5.74) is 2.56. The lowest BCUT2D eigenvalue weighted by atomic mass is 10.2. The van der Waals surface area contributed by atoms with Crippen LogP contribution in [0.5, 0.6) is 0 Å². The zero-order valence-electron chi connectivity index (χ0n) is 10.3. The Morgan fingerprint density at radius 3 is 3.06 bits per heavy atom. The first kappa shape index (κ1) is 13.5. The first-order valence-electron chi connectivity index (χ1n) is 6.05. The van der Waals surface area contributed by atoms with Crippen LogP contribution >= 0.6 is 23.3 Å². The van der Waals surface area contributed by atoms with Crippen LogP contribution in [0.3, 0.4) is 0 Å². The highest BCUT2D eigenvalue weighted by molar-refractivity contribution is 7.00. The minimum absolute atomic E-state index is 0.670. The van der Waals surface area contributed by atoms with Gasteiger partial charge in [0.2, 0.25) is 0 Å². The van der Waals surface area contributed by atoms with E-state index in [1.165, 1.54) is 11.7 Å². The third-order valence-electron chi connectivity index (χ3n) is 2.57. The van der Waals surface area contributed by atoms with Crippen molar-refractivity contribution in [2.24, 2.45) is 0 Å². The Hall–Kier alpha value is -0.910. The van der Waals surface area contributed by atoms with E-state index in [9.17, 15) is 0 Å². The van der Waals surface area contributed by atoms with Gasteiger partial charge in [0.1, 0.15) is 11.0 Å². The third kappa shape index (κ3) is 3.31. The Morgan fingerprint density at radius 1 is 1.33 bits per heavy atom. The number of halogens is 1. The lowest BCUT2D eigenvalue weighted by Gasteiger charge is -2.09. The van der Waals surface area contributed by atoms with E-state index in [1.54, 1.807) is 0 Å². The van der Waals surface area contributed by atoms with Gasteiger partial charge in [0.15, 0.2) is 0 Å². The molecule has 1 heterocycles. The molecule has 0 atom stereocenters. The molecule has 0 aliphatic rings. The van der Waals surface area contributed by atoms with Crippen molar-refractivity contribution in [2.45, 2.75) is 19.8 Å². The summed E-state index contributed by atoms with van der Waals surface area (Å²) >= 11 is 7.35. The summed E-state index contributed by atoms with van der Waals surface area (Å²) in [4.78, 5) is 0. The first-order valence-corrected chi connectivity index (χ1v) is 7.16. The Kier molecular flexibility index (Phi) is 5.16. The van der Waals surface area contributed by atoms with Crippen molar-refractivity contribution in [1.29, 1.82) is 0 Å². The van der Waals surface area contributed by atoms with E-state index in [2.05, 4.69) is 21.0 Å². The molecule has 18 heavy (non-hydrogen) atoms. The lowest BCUT2D eigenvalue weighted by molar-refractivity contribution is 0.141. The van der Waals surface area contributed by atoms with Gasteiger partial charge in [0.05, 0.1) is 29.0 Å². The van der Waals surface area contributed by atoms with Crippen LogP contribution in [-0.2, 0) is 4.74 Å². The zero-order valence-corrected chi connectivity index (χ0v) is 11.9. The molecular weight excluding hydrogens is 270 g/mol. The van der Waals surface area contributed by atoms with Crippen molar-refractivity contribution in [1.82, 2.24) is 8.75 Å². The predicted octanol–water partition coefficient (Wildman–Crippen LogP) is 3.57. The van der Waals surface area contributed by atoms with Crippen molar-refractivity contribution >= 4 is 40.0 Å². The monoisotopic (exact) mass is 285 g/mol. The molecule has 6 heteroatoms. The number of fused-ring (bicyclic) bond motifs is 1. The van der Waals surface area contributed by atoms with Crippen LogP contribution in [0.2, 0.25) is 5.02 Å². The predicted molar refractivity (Wildman–Crippen MR) is 76.6 cm³/mol. The molecule has 0 bridgehead atoms. The number of aromatic nitrogens is 2. The Bertz CT molecular complexity index is 503. The molecule has 1 aromatic carbocycles. The topological polar surface area (TPSA) is 47.0 Å². The van der Waals surface area contributed by atoms with Crippen LogP contribution in [-0.4, -0.2) is 28.5 Å². The second-order valence-corrected chi connectivity index (χ2v) is 4.88. The van der Waals surface area contributed by atoms with Gasteiger partial charge in [0, 0.05) is 13.2 Å². The highest BCUT2D eigenvalue weighted by Crippen LogP contribution is 2.29. The maximum absolute atomic E-state index is 6.16. The molecule has 98 valence electrons. The number of rotatable bonds is 7. The summed E-state index contributed by atoms with van der Waals surface area (Å²) in [6.45, 7) is 4.36. The fourth-order valence-corrected chi connectivity index (χ4v) is 2.35. The molecule has 0 saturated carbocycles. The molecule has 0 aliphatic heterocycles. The van der Waals surface area contributed by atoms with Gasteiger partial charge in [-0.2, -0.15) is 8.75 Å². The molecule has 0 radical (unpaired) electrons. The standard InChI is InChI=1S/C12H16ClN3OS/c1-2-3-7-17-8-6-14-11-9(13)4-5-10-12(11)16-18-15-10/h4-5,14H,2-3,6-8H2,1H3. The molecule has 0 fully saturated rings. The van der Waals surface area contributed by atoms with Gasteiger partial charge in [-0.3, -0.25) is 0 Å². The molecule has 1 N–H and O–H groups in total. The molecule has 1 aromatic heterocycles. The van der Waals surface area contributed by atoms with Crippen LogP contribution < -0.4 is 5.32 Å². The van der Waals surface area contributed by atoms with Crippen molar-refractivity contribution in [3.05, 3.63) is 17.2 Å². The van der Waals surface area contributed by atoms with Gasteiger partial charge in [-0.15, -0.1) is 0 Å². The van der Waals surface area contributed by atoms with Crippen molar-refractivity contribution in [3.63, 3.8) is 0 Å². The largest absolute Gasteiger partial charge is 0.380 e. The Labute approximate surface area is 116 Å². The fraction of sp³-hybridized carbons (Fsp3) is 0.500. The van der Waals surface area contributed by atoms with Gasteiger partial charge in [-0.05, 0) is 18.6 Å². The molecule has 0 spiro atoms. The average Bonchev–Trinajstić information content (AvgIpc) is 2.84. The number of anilines is 1. The van der Waals surface area contributed by atoms with E-state index in [0.29, 0.717) is 11.6 Å². The zero-order chi connectivity index (χ0) is 12.8. The summed E-state index contributed by atoms with van der Waals surface area (Å²) in [5.74, 6) is 0.